The van der Waals surface area contributed by atoms with E-state index in [2.05, 4.69) is 13.8 Å². The van der Waals surface area contributed by atoms with Crippen LogP contribution in [0.3, 0.4) is 0 Å². The number of carbonyl (C=O) groups excluding carboxylic acids is 1. The number of carbonyl (C=O) groups is 1. The lowest BCUT2D eigenvalue weighted by atomic mass is 9.70. The second-order valence-corrected chi connectivity index (χ2v) is 5.83. The van der Waals surface area contributed by atoms with Crippen LogP contribution in [0.15, 0.2) is 0 Å². The lowest BCUT2D eigenvalue weighted by Crippen LogP contribution is -2.31. The van der Waals surface area contributed by atoms with Crippen LogP contribution in [-0.2, 0) is 4.79 Å². The van der Waals surface area contributed by atoms with E-state index in [4.69, 9.17) is 0 Å². The van der Waals surface area contributed by atoms with Gasteiger partial charge < -0.3 is 0 Å². The molecule has 0 bridgehead atoms. The lowest BCUT2D eigenvalue weighted by molar-refractivity contribution is -0.129. The SMILES string of the molecule is CC(C)CCC(C(=O)C(C)C)C1CCC1. The number of ketones is 1. The topological polar surface area (TPSA) is 17.1 Å². The molecule has 0 radical (unpaired) electrons. The van der Waals surface area contributed by atoms with E-state index >= 15 is 0 Å². The van der Waals surface area contributed by atoms with Gasteiger partial charge in [0, 0.05) is 11.8 Å². The summed E-state index contributed by atoms with van der Waals surface area (Å²) in [6, 6.07) is 0. The molecule has 0 saturated heterocycles. The van der Waals surface area contributed by atoms with E-state index in [1.165, 1.54) is 25.7 Å². The maximum atomic E-state index is 12.1. The Labute approximate surface area is 94.6 Å². The predicted molar refractivity (Wildman–Crippen MR) is 64.7 cm³/mol. The Kier molecular flexibility index (Phi) is 4.82. The Morgan fingerprint density at radius 3 is 2.07 bits per heavy atom. The number of hydrogen-bond acceptors (Lipinski definition) is 1. The van der Waals surface area contributed by atoms with E-state index in [1.807, 2.05) is 13.8 Å². The van der Waals surface area contributed by atoms with Gasteiger partial charge in [0.15, 0.2) is 0 Å². The minimum Gasteiger partial charge on any atom is -0.299 e. The third kappa shape index (κ3) is 3.62. The van der Waals surface area contributed by atoms with Crippen molar-refractivity contribution in [1.29, 1.82) is 0 Å². The van der Waals surface area contributed by atoms with E-state index in [0.29, 0.717) is 11.7 Å². The molecular formula is C14H26O. The molecule has 1 fully saturated rings. The third-order valence-electron chi connectivity index (χ3n) is 3.71. The molecule has 0 aromatic heterocycles. The Balaban J connectivity index is 2.48. The number of hydrogen-bond donors (Lipinski definition) is 0. The molecule has 1 atom stereocenters. The molecule has 0 amide bonds. The van der Waals surface area contributed by atoms with Gasteiger partial charge in [0.25, 0.3) is 0 Å². The van der Waals surface area contributed by atoms with Crippen molar-refractivity contribution in [3.05, 3.63) is 0 Å². The standard InChI is InChI=1S/C14H26O/c1-10(2)8-9-13(12-6-5-7-12)14(15)11(3)4/h10-13H,5-9H2,1-4H3. The van der Waals surface area contributed by atoms with Gasteiger partial charge in [-0.3, -0.25) is 4.79 Å². The highest BCUT2D eigenvalue weighted by Crippen LogP contribution is 2.37. The van der Waals surface area contributed by atoms with E-state index < -0.39 is 0 Å². The fraction of sp³-hybridized carbons (Fsp3) is 0.929. The minimum atomic E-state index is 0.225. The van der Waals surface area contributed by atoms with Crippen LogP contribution in [0.1, 0.15) is 59.8 Å². The first kappa shape index (κ1) is 12.7. The summed E-state index contributed by atoms with van der Waals surface area (Å²) in [5.74, 6) is 2.57. The van der Waals surface area contributed by atoms with Gasteiger partial charge in [0.1, 0.15) is 5.78 Å². The van der Waals surface area contributed by atoms with Crippen molar-refractivity contribution in [3.63, 3.8) is 0 Å². The highest BCUT2D eigenvalue weighted by atomic mass is 16.1. The van der Waals surface area contributed by atoms with Gasteiger partial charge in [-0.2, -0.15) is 0 Å². The summed E-state index contributed by atoms with van der Waals surface area (Å²) in [4.78, 5) is 12.1. The normalized spacial score (nSPS) is 19.3. The van der Waals surface area contributed by atoms with Gasteiger partial charge in [-0.15, -0.1) is 0 Å². The maximum Gasteiger partial charge on any atom is 0.138 e. The van der Waals surface area contributed by atoms with Crippen molar-refractivity contribution in [2.75, 3.05) is 0 Å². The summed E-state index contributed by atoms with van der Waals surface area (Å²) in [5.41, 5.74) is 0. The van der Waals surface area contributed by atoms with Crippen LogP contribution in [0, 0.1) is 23.7 Å². The van der Waals surface area contributed by atoms with Crippen molar-refractivity contribution in [1.82, 2.24) is 0 Å². The fourth-order valence-electron chi connectivity index (χ4n) is 2.39. The summed E-state index contributed by atoms with van der Waals surface area (Å²) < 4.78 is 0. The number of Topliss-reactive ketones (excluding diaryl/α,β-unsaturated/α-hetero) is 1. The molecule has 1 unspecified atom stereocenters. The first-order valence-electron chi connectivity index (χ1n) is 6.56. The van der Waals surface area contributed by atoms with Crippen LogP contribution in [0.2, 0.25) is 0 Å². The van der Waals surface area contributed by atoms with Crippen molar-refractivity contribution in [3.8, 4) is 0 Å². The smallest absolute Gasteiger partial charge is 0.138 e. The molecule has 0 heterocycles. The molecule has 1 aliphatic rings. The van der Waals surface area contributed by atoms with Crippen molar-refractivity contribution in [2.45, 2.75) is 59.8 Å². The molecule has 1 aliphatic carbocycles. The molecular weight excluding hydrogens is 184 g/mol. The Morgan fingerprint density at radius 1 is 1.13 bits per heavy atom. The van der Waals surface area contributed by atoms with Crippen LogP contribution in [0.4, 0.5) is 0 Å². The third-order valence-corrected chi connectivity index (χ3v) is 3.71. The molecule has 15 heavy (non-hydrogen) atoms. The van der Waals surface area contributed by atoms with Gasteiger partial charge in [0.2, 0.25) is 0 Å². The van der Waals surface area contributed by atoms with Gasteiger partial charge >= 0.3 is 0 Å². The predicted octanol–water partition coefficient (Wildman–Crippen LogP) is 4.06. The Bertz CT molecular complexity index is 201. The molecule has 0 aromatic carbocycles. The van der Waals surface area contributed by atoms with Crippen LogP contribution in [0.5, 0.6) is 0 Å². The summed E-state index contributed by atoms with van der Waals surface area (Å²) in [6.45, 7) is 8.59. The highest BCUT2D eigenvalue weighted by Gasteiger charge is 2.32. The van der Waals surface area contributed by atoms with Crippen LogP contribution < -0.4 is 0 Å². The minimum absolute atomic E-state index is 0.225. The zero-order valence-corrected chi connectivity index (χ0v) is 10.8. The van der Waals surface area contributed by atoms with E-state index in [9.17, 15) is 4.79 Å². The largest absolute Gasteiger partial charge is 0.299 e. The van der Waals surface area contributed by atoms with Gasteiger partial charge in [-0.05, 0) is 31.1 Å². The molecule has 1 nitrogen and oxygen atoms in total. The molecule has 1 saturated carbocycles. The van der Waals surface area contributed by atoms with Gasteiger partial charge in [-0.25, -0.2) is 0 Å². The fourth-order valence-corrected chi connectivity index (χ4v) is 2.39. The van der Waals surface area contributed by atoms with Crippen molar-refractivity contribution < 1.29 is 4.79 Å². The molecule has 88 valence electrons. The zero-order valence-electron chi connectivity index (χ0n) is 10.8. The summed E-state index contributed by atoms with van der Waals surface area (Å²) in [7, 11) is 0. The van der Waals surface area contributed by atoms with Gasteiger partial charge in [-0.1, -0.05) is 40.5 Å². The molecule has 1 heteroatoms. The lowest BCUT2D eigenvalue weighted by Gasteiger charge is -2.34. The second-order valence-electron chi connectivity index (χ2n) is 5.83. The van der Waals surface area contributed by atoms with Gasteiger partial charge in [0.05, 0.1) is 0 Å². The summed E-state index contributed by atoms with van der Waals surface area (Å²) in [6.07, 6.45) is 6.26. The Hall–Kier alpha value is -0.330. The first-order chi connectivity index (χ1) is 7.02. The van der Waals surface area contributed by atoms with Crippen molar-refractivity contribution in [2.24, 2.45) is 23.7 Å². The van der Waals surface area contributed by atoms with Crippen LogP contribution in [0.25, 0.3) is 0 Å². The number of rotatable bonds is 6. The maximum absolute atomic E-state index is 12.1. The van der Waals surface area contributed by atoms with Crippen molar-refractivity contribution >= 4 is 5.78 Å². The zero-order chi connectivity index (χ0) is 11.4. The highest BCUT2D eigenvalue weighted by molar-refractivity contribution is 5.83. The quantitative estimate of drug-likeness (QED) is 0.646. The van der Waals surface area contributed by atoms with E-state index in [0.717, 1.165) is 18.3 Å². The van der Waals surface area contributed by atoms with E-state index in [1.54, 1.807) is 0 Å². The Morgan fingerprint density at radius 2 is 1.73 bits per heavy atom. The molecule has 1 rings (SSSR count). The van der Waals surface area contributed by atoms with E-state index in [-0.39, 0.29) is 5.92 Å². The molecule has 0 aromatic rings. The molecule has 0 aliphatic heterocycles. The average Bonchev–Trinajstić information content (AvgIpc) is 2.07. The summed E-state index contributed by atoms with van der Waals surface area (Å²) in [5, 5.41) is 0. The first-order valence-corrected chi connectivity index (χ1v) is 6.56. The molecule has 0 N–H and O–H groups in total. The average molecular weight is 210 g/mol. The molecule has 0 spiro atoms. The van der Waals surface area contributed by atoms with Crippen LogP contribution >= 0.6 is 0 Å². The van der Waals surface area contributed by atoms with Crippen LogP contribution in [-0.4, -0.2) is 5.78 Å². The second kappa shape index (κ2) is 5.67. The summed E-state index contributed by atoms with van der Waals surface area (Å²) >= 11 is 0. The monoisotopic (exact) mass is 210 g/mol.